The van der Waals surface area contributed by atoms with Gasteiger partial charge in [-0.05, 0) is 48.8 Å². The molecular weight excluding hydrogens is 152 g/mol. The van der Waals surface area contributed by atoms with Crippen LogP contribution in [0.2, 0.25) is 0 Å². The minimum atomic E-state index is 0.746. The summed E-state index contributed by atoms with van der Waals surface area (Å²) in [6.45, 7) is 6.82. The summed E-state index contributed by atoms with van der Waals surface area (Å²) in [6, 6.07) is 0. The number of thiocarbonyl (C=S) groups is 1. The Kier molecular flexibility index (Phi) is 3.06. The summed E-state index contributed by atoms with van der Waals surface area (Å²) in [5.74, 6) is 2.54. The van der Waals surface area contributed by atoms with Crippen molar-refractivity contribution in [2.75, 3.05) is 0 Å². The Morgan fingerprint density at radius 3 is 2.27 bits per heavy atom. The Hall–Kier alpha value is 0.0900. The average molecular weight is 170 g/mol. The maximum Gasteiger partial charge on any atom is -0.00715 e. The Balaban J connectivity index is 2.46. The van der Waals surface area contributed by atoms with Gasteiger partial charge in [0.15, 0.2) is 0 Å². The molecule has 0 bridgehead atoms. The molecule has 1 fully saturated rings. The molecule has 0 saturated heterocycles. The zero-order valence-electron chi connectivity index (χ0n) is 7.76. The molecule has 0 aromatic carbocycles. The SMILES string of the molecule is CC(=S)C1CCC(C)C(C)C1. The van der Waals surface area contributed by atoms with Crippen molar-refractivity contribution < 1.29 is 0 Å². The van der Waals surface area contributed by atoms with E-state index in [1.807, 2.05) is 0 Å². The van der Waals surface area contributed by atoms with Crippen LogP contribution in [0.5, 0.6) is 0 Å². The van der Waals surface area contributed by atoms with Gasteiger partial charge in [-0.3, -0.25) is 0 Å². The van der Waals surface area contributed by atoms with Crippen LogP contribution in [0.25, 0.3) is 0 Å². The smallest absolute Gasteiger partial charge is 0.00715 e. The van der Waals surface area contributed by atoms with E-state index in [1.54, 1.807) is 0 Å². The van der Waals surface area contributed by atoms with Gasteiger partial charge < -0.3 is 0 Å². The predicted octanol–water partition coefficient (Wildman–Crippen LogP) is 3.45. The fourth-order valence-corrected chi connectivity index (χ4v) is 2.13. The topological polar surface area (TPSA) is 0 Å². The summed E-state index contributed by atoms with van der Waals surface area (Å²) in [4.78, 5) is 1.23. The van der Waals surface area contributed by atoms with Crippen LogP contribution < -0.4 is 0 Å². The van der Waals surface area contributed by atoms with Crippen molar-refractivity contribution in [2.24, 2.45) is 17.8 Å². The summed E-state index contributed by atoms with van der Waals surface area (Å²) in [5, 5.41) is 0. The maximum absolute atomic E-state index is 5.21. The molecule has 1 heteroatoms. The van der Waals surface area contributed by atoms with Crippen LogP contribution in [0.1, 0.15) is 40.0 Å². The summed E-state index contributed by atoms with van der Waals surface area (Å²) >= 11 is 5.21. The van der Waals surface area contributed by atoms with Gasteiger partial charge >= 0.3 is 0 Å². The summed E-state index contributed by atoms with van der Waals surface area (Å²) < 4.78 is 0. The van der Waals surface area contributed by atoms with E-state index in [0.717, 1.165) is 17.8 Å². The zero-order valence-corrected chi connectivity index (χ0v) is 8.58. The monoisotopic (exact) mass is 170 g/mol. The first-order chi connectivity index (χ1) is 5.11. The minimum Gasteiger partial charge on any atom is -0.0897 e. The van der Waals surface area contributed by atoms with Crippen molar-refractivity contribution >= 4 is 17.1 Å². The number of rotatable bonds is 1. The number of hydrogen-bond donors (Lipinski definition) is 0. The van der Waals surface area contributed by atoms with Crippen LogP contribution >= 0.6 is 12.2 Å². The quantitative estimate of drug-likeness (QED) is 0.543. The van der Waals surface area contributed by atoms with E-state index >= 15 is 0 Å². The van der Waals surface area contributed by atoms with Crippen molar-refractivity contribution in [3.8, 4) is 0 Å². The molecule has 1 aliphatic rings. The second-order valence-corrected chi connectivity index (χ2v) is 4.72. The highest BCUT2D eigenvalue weighted by Gasteiger charge is 2.24. The van der Waals surface area contributed by atoms with E-state index in [0.29, 0.717) is 0 Å². The lowest BCUT2D eigenvalue weighted by Crippen LogP contribution is -2.24. The van der Waals surface area contributed by atoms with Gasteiger partial charge in [0, 0.05) is 0 Å². The minimum absolute atomic E-state index is 0.746. The maximum atomic E-state index is 5.21. The van der Waals surface area contributed by atoms with E-state index in [2.05, 4.69) is 20.8 Å². The Labute approximate surface area is 75.4 Å². The van der Waals surface area contributed by atoms with Gasteiger partial charge in [-0.1, -0.05) is 26.1 Å². The molecule has 3 unspecified atom stereocenters. The van der Waals surface area contributed by atoms with E-state index in [1.165, 1.54) is 24.1 Å². The van der Waals surface area contributed by atoms with E-state index in [-0.39, 0.29) is 0 Å². The highest BCUT2D eigenvalue weighted by Crippen LogP contribution is 2.33. The Bertz CT molecular complexity index is 151. The van der Waals surface area contributed by atoms with Crippen molar-refractivity contribution in [1.29, 1.82) is 0 Å². The molecule has 0 heterocycles. The van der Waals surface area contributed by atoms with Crippen LogP contribution in [0.15, 0.2) is 0 Å². The van der Waals surface area contributed by atoms with Gasteiger partial charge in [-0.15, -0.1) is 0 Å². The molecule has 0 amide bonds. The van der Waals surface area contributed by atoms with Gasteiger partial charge in [0.2, 0.25) is 0 Å². The molecular formula is C10H18S. The molecule has 0 aliphatic heterocycles. The van der Waals surface area contributed by atoms with Gasteiger partial charge in [0.1, 0.15) is 0 Å². The van der Waals surface area contributed by atoms with Crippen LogP contribution in [0, 0.1) is 17.8 Å². The first-order valence-corrected chi connectivity index (χ1v) is 5.02. The molecule has 0 nitrogen and oxygen atoms in total. The van der Waals surface area contributed by atoms with Crippen molar-refractivity contribution in [2.45, 2.75) is 40.0 Å². The third-order valence-electron chi connectivity index (χ3n) is 3.17. The zero-order chi connectivity index (χ0) is 8.43. The second-order valence-electron chi connectivity index (χ2n) is 4.08. The first-order valence-electron chi connectivity index (χ1n) is 4.61. The molecule has 0 aromatic heterocycles. The van der Waals surface area contributed by atoms with Crippen LogP contribution in [0.4, 0.5) is 0 Å². The molecule has 0 spiro atoms. The van der Waals surface area contributed by atoms with E-state index in [9.17, 15) is 0 Å². The van der Waals surface area contributed by atoms with E-state index < -0.39 is 0 Å². The molecule has 1 saturated carbocycles. The summed E-state index contributed by atoms with van der Waals surface area (Å²) in [5.41, 5.74) is 0. The van der Waals surface area contributed by atoms with Crippen LogP contribution in [-0.4, -0.2) is 4.86 Å². The van der Waals surface area contributed by atoms with Crippen molar-refractivity contribution in [3.05, 3.63) is 0 Å². The number of hydrogen-bond acceptors (Lipinski definition) is 1. The molecule has 11 heavy (non-hydrogen) atoms. The molecule has 0 aromatic rings. The predicted molar refractivity (Wildman–Crippen MR) is 53.9 cm³/mol. The van der Waals surface area contributed by atoms with Crippen molar-refractivity contribution in [3.63, 3.8) is 0 Å². The molecule has 3 atom stereocenters. The lowest BCUT2D eigenvalue weighted by Gasteiger charge is -2.31. The lowest BCUT2D eigenvalue weighted by molar-refractivity contribution is 0.247. The molecule has 64 valence electrons. The lowest BCUT2D eigenvalue weighted by atomic mass is 9.75. The normalized spacial score (nSPS) is 38.6. The van der Waals surface area contributed by atoms with Crippen molar-refractivity contribution in [1.82, 2.24) is 0 Å². The fraction of sp³-hybridized carbons (Fsp3) is 0.900. The third-order valence-corrected chi connectivity index (χ3v) is 3.51. The highest BCUT2D eigenvalue weighted by molar-refractivity contribution is 7.80. The van der Waals surface area contributed by atoms with E-state index in [4.69, 9.17) is 12.2 Å². The van der Waals surface area contributed by atoms with Crippen LogP contribution in [-0.2, 0) is 0 Å². The second kappa shape index (κ2) is 3.66. The standard InChI is InChI=1S/C10H18S/c1-7-4-5-10(9(3)11)6-8(7)2/h7-8,10H,4-6H2,1-3H3. The fourth-order valence-electron chi connectivity index (χ4n) is 1.92. The molecule has 1 aliphatic carbocycles. The molecule has 0 N–H and O–H groups in total. The largest absolute Gasteiger partial charge is 0.0897 e. The summed E-state index contributed by atoms with van der Waals surface area (Å²) in [7, 11) is 0. The molecule has 0 radical (unpaired) electrons. The highest BCUT2D eigenvalue weighted by atomic mass is 32.1. The third kappa shape index (κ3) is 2.26. The van der Waals surface area contributed by atoms with Gasteiger partial charge in [-0.2, -0.15) is 0 Å². The Morgan fingerprint density at radius 2 is 1.82 bits per heavy atom. The summed E-state index contributed by atoms with van der Waals surface area (Å²) in [6.07, 6.45) is 4.04. The van der Waals surface area contributed by atoms with Gasteiger partial charge in [0.25, 0.3) is 0 Å². The average Bonchev–Trinajstić information content (AvgIpc) is 1.94. The van der Waals surface area contributed by atoms with Gasteiger partial charge in [0.05, 0.1) is 0 Å². The molecule has 1 rings (SSSR count). The van der Waals surface area contributed by atoms with Gasteiger partial charge in [-0.25, -0.2) is 0 Å². The Morgan fingerprint density at radius 1 is 1.18 bits per heavy atom. The van der Waals surface area contributed by atoms with Crippen LogP contribution in [0.3, 0.4) is 0 Å². The first kappa shape index (κ1) is 9.18.